The van der Waals surface area contributed by atoms with Gasteiger partial charge < -0.3 is 4.74 Å². The van der Waals surface area contributed by atoms with E-state index < -0.39 is 11.7 Å². The van der Waals surface area contributed by atoms with Crippen LogP contribution < -0.4 is 9.64 Å². The van der Waals surface area contributed by atoms with Crippen molar-refractivity contribution < 1.29 is 18.7 Å². The maximum absolute atomic E-state index is 13.6. The first kappa shape index (κ1) is 10.6. The lowest BCUT2D eigenvalue weighted by Crippen LogP contribution is -2.26. The van der Waals surface area contributed by atoms with Crippen molar-refractivity contribution in [3.8, 4) is 5.75 Å². The first-order chi connectivity index (χ1) is 7.63. The van der Waals surface area contributed by atoms with Gasteiger partial charge in [0.2, 0.25) is 5.91 Å². The van der Waals surface area contributed by atoms with Crippen LogP contribution >= 0.6 is 0 Å². The second-order valence-corrected chi connectivity index (χ2v) is 3.49. The van der Waals surface area contributed by atoms with Crippen molar-refractivity contribution in [3.05, 3.63) is 24.0 Å². The predicted molar refractivity (Wildman–Crippen MR) is 54.9 cm³/mol. The van der Waals surface area contributed by atoms with Crippen LogP contribution in [0.5, 0.6) is 5.75 Å². The minimum Gasteiger partial charge on any atom is -0.494 e. The number of carbonyl (C=O) groups is 2. The second-order valence-electron chi connectivity index (χ2n) is 3.49. The zero-order valence-electron chi connectivity index (χ0n) is 8.70. The summed E-state index contributed by atoms with van der Waals surface area (Å²) in [5.74, 6) is -0.922. The van der Waals surface area contributed by atoms with Gasteiger partial charge in [-0.15, -0.1) is 0 Å². The molecule has 0 atom stereocenters. The minimum atomic E-state index is -0.567. The number of halogens is 1. The molecule has 0 aromatic heterocycles. The van der Waals surface area contributed by atoms with Crippen LogP contribution in [0.4, 0.5) is 10.1 Å². The molecule has 1 aromatic carbocycles. The Labute approximate surface area is 91.6 Å². The van der Waals surface area contributed by atoms with E-state index in [2.05, 4.69) is 0 Å². The molecule has 0 aliphatic carbocycles. The van der Waals surface area contributed by atoms with Gasteiger partial charge in [-0.3, -0.25) is 14.5 Å². The molecular formula is C11H10FNO3. The number of anilines is 1. The minimum absolute atomic E-state index is 0.0425. The highest BCUT2D eigenvalue weighted by atomic mass is 19.1. The molecular weight excluding hydrogens is 213 g/mol. The fourth-order valence-corrected chi connectivity index (χ4v) is 1.71. The summed E-state index contributed by atoms with van der Waals surface area (Å²) in [5.41, 5.74) is 0.0425. The summed E-state index contributed by atoms with van der Waals surface area (Å²) in [4.78, 5) is 23.7. The molecule has 0 N–H and O–H groups in total. The molecule has 5 heteroatoms. The van der Waals surface area contributed by atoms with Crippen LogP contribution in [0.15, 0.2) is 18.2 Å². The molecule has 0 saturated carbocycles. The zero-order valence-corrected chi connectivity index (χ0v) is 8.70. The van der Waals surface area contributed by atoms with Crippen molar-refractivity contribution in [1.29, 1.82) is 0 Å². The lowest BCUT2D eigenvalue weighted by molar-refractivity contribution is -0.121. The molecule has 1 heterocycles. The molecule has 1 aliphatic rings. The quantitative estimate of drug-likeness (QED) is 0.706. The van der Waals surface area contributed by atoms with E-state index >= 15 is 0 Å². The monoisotopic (exact) mass is 223 g/mol. The number of Topliss-reactive ketones (excluding diaryl/α,β-unsaturated/α-hetero) is 1. The second kappa shape index (κ2) is 3.92. The van der Waals surface area contributed by atoms with Crippen molar-refractivity contribution in [2.24, 2.45) is 0 Å². The molecule has 0 unspecified atom stereocenters. The number of hydrogen-bond acceptors (Lipinski definition) is 3. The standard InChI is InChI=1S/C11H10FNO3/c1-16-9-4-2-3-8(12)11(9)13-6-7(14)5-10(13)15/h2-4H,5-6H2,1H3. The molecule has 1 aromatic rings. The van der Waals surface area contributed by atoms with E-state index in [1.807, 2.05) is 0 Å². The Hall–Kier alpha value is -1.91. The van der Waals surface area contributed by atoms with Gasteiger partial charge in [0.1, 0.15) is 11.4 Å². The van der Waals surface area contributed by atoms with E-state index in [4.69, 9.17) is 4.74 Å². The van der Waals surface area contributed by atoms with E-state index in [-0.39, 0.29) is 30.2 Å². The molecule has 1 saturated heterocycles. The number of hydrogen-bond donors (Lipinski definition) is 0. The van der Waals surface area contributed by atoms with Crippen molar-refractivity contribution >= 4 is 17.4 Å². The number of methoxy groups -OCH3 is 1. The van der Waals surface area contributed by atoms with Gasteiger partial charge in [-0.1, -0.05) is 6.07 Å². The highest BCUT2D eigenvalue weighted by molar-refractivity contribution is 6.15. The number of para-hydroxylation sites is 1. The number of rotatable bonds is 2. The topological polar surface area (TPSA) is 46.6 Å². The number of carbonyl (C=O) groups excluding carboxylic acids is 2. The summed E-state index contributed by atoms with van der Waals surface area (Å²) in [6.07, 6.45) is -0.169. The fraction of sp³-hybridized carbons (Fsp3) is 0.273. The largest absolute Gasteiger partial charge is 0.494 e. The van der Waals surface area contributed by atoms with Gasteiger partial charge in [0.15, 0.2) is 11.6 Å². The number of ketones is 1. The van der Waals surface area contributed by atoms with Crippen LogP contribution in [0.3, 0.4) is 0 Å². The molecule has 0 bridgehead atoms. The van der Waals surface area contributed by atoms with E-state index in [1.165, 1.54) is 19.2 Å². The average Bonchev–Trinajstić information content (AvgIpc) is 2.57. The van der Waals surface area contributed by atoms with Gasteiger partial charge in [-0.25, -0.2) is 4.39 Å². The molecule has 1 amide bonds. The van der Waals surface area contributed by atoms with Gasteiger partial charge in [-0.2, -0.15) is 0 Å². The lowest BCUT2D eigenvalue weighted by Gasteiger charge is -2.18. The number of nitrogens with zero attached hydrogens (tertiary/aromatic N) is 1. The molecule has 0 spiro atoms. The smallest absolute Gasteiger partial charge is 0.235 e. The van der Waals surface area contributed by atoms with Crippen LogP contribution in [-0.4, -0.2) is 25.3 Å². The van der Waals surface area contributed by atoms with Crippen molar-refractivity contribution in [1.82, 2.24) is 0 Å². The number of ether oxygens (including phenoxy) is 1. The Bertz CT molecular complexity index is 459. The third-order valence-electron chi connectivity index (χ3n) is 2.42. The molecule has 16 heavy (non-hydrogen) atoms. The molecule has 2 rings (SSSR count). The predicted octanol–water partition coefficient (Wildman–Crippen LogP) is 1.14. The van der Waals surface area contributed by atoms with Gasteiger partial charge in [0.25, 0.3) is 0 Å². The van der Waals surface area contributed by atoms with Gasteiger partial charge >= 0.3 is 0 Å². The molecule has 0 radical (unpaired) electrons. The lowest BCUT2D eigenvalue weighted by atomic mass is 10.2. The SMILES string of the molecule is COc1cccc(F)c1N1CC(=O)CC1=O. The molecule has 4 nitrogen and oxygen atoms in total. The Balaban J connectivity index is 2.47. The number of amides is 1. The highest BCUT2D eigenvalue weighted by Gasteiger charge is 2.32. The van der Waals surface area contributed by atoms with Crippen LogP contribution in [0, 0.1) is 5.82 Å². The van der Waals surface area contributed by atoms with Crippen LogP contribution in [0.1, 0.15) is 6.42 Å². The molecule has 1 fully saturated rings. The zero-order chi connectivity index (χ0) is 11.7. The van der Waals surface area contributed by atoms with E-state index in [0.717, 1.165) is 4.90 Å². The van der Waals surface area contributed by atoms with E-state index in [1.54, 1.807) is 6.07 Å². The van der Waals surface area contributed by atoms with Gasteiger partial charge in [0, 0.05) is 0 Å². The third kappa shape index (κ3) is 1.64. The van der Waals surface area contributed by atoms with Gasteiger partial charge in [-0.05, 0) is 12.1 Å². The summed E-state index contributed by atoms with van der Waals surface area (Å²) < 4.78 is 18.6. The van der Waals surface area contributed by atoms with Crippen molar-refractivity contribution in [2.75, 3.05) is 18.6 Å². The Morgan fingerprint density at radius 1 is 1.38 bits per heavy atom. The maximum Gasteiger partial charge on any atom is 0.235 e. The first-order valence-corrected chi connectivity index (χ1v) is 4.78. The maximum atomic E-state index is 13.6. The Morgan fingerprint density at radius 2 is 2.12 bits per heavy atom. The normalized spacial score (nSPS) is 15.8. The first-order valence-electron chi connectivity index (χ1n) is 4.78. The fourth-order valence-electron chi connectivity index (χ4n) is 1.71. The summed E-state index contributed by atoms with van der Waals surface area (Å²) in [6.45, 7) is -0.0872. The summed E-state index contributed by atoms with van der Waals surface area (Å²) in [5, 5.41) is 0. The third-order valence-corrected chi connectivity index (χ3v) is 2.42. The Kier molecular flexibility index (Phi) is 2.60. The summed E-state index contributed by atoms with van der Waals surface area (Å²) in [7, 11) is 1.39. The highest BCUT2D eigenvalue weighted by Crippen LogP contribution is 2.33. The molecule has 84 valence electrons. The van der Waals surface area contributed by atoms with Crippen molar-refractivity contribution in [3.63, 3.8) is 0 Å². The van der Waals surface area contributed by atoms with E-state index in [0.29, 0.717) is 0 Å². The van der Waals surface area contributed by atoms with Gasteiger partial charge in [0.05, 0.1) is 20.1 Å². The van der Waals surface area contributed by atoms with Crippen molar-refractivity contribution in [2.45, 2.75) is 6.42 Å². The van der Waals surface area contributed by atoms with Crippen LogP contribution in [0.2, 0.25) is 0 Å². The number of benzene rings is 1. The Morgan fingerprint density at radius 3 is 2.69 bits per heavy atom. The van der Waals surface area contributed by atoms with Crippen LogP contribution in [0.25, 0.3) is 0 Å². The summed E-state index contributed by atoms with van der Waals surface area (Å²) in [6, 6.07) is 4.27. The average molecular weight is 223 g/mol. The van der Waals surface area contributed by atoms with Crippen LogP contribution in [-0.2, 0) is 9.59 Å². The molecule has 1 aliphatic heterocycles. The summed E-state index contributed by atoms with van der Waals surface area (Å²) >= 11 is 0. The van der Waals surface area contributed by atoms with E-state index in [9.17, 15) is 14.0 Å².